The number of primary sulfonamides is 1. The second kappa shape index (κ2) is 3.90. The highest BCUT2D eigenvalue weighted by molar-refractivity contribution is 7.89. The fourth-order valence-electron chi connectivity index (χ4n) is 1.59. The molecule has 0 bridgehead atoms. The molecule has 5 heteroatoms. The summed E-state index contributed by atoms with van der Waals surface area (Å²) in [4.78, 5) is 0. The van der Waals surface area contributed by atoms with E-state index in [1.54, 1.807) is 32.0 Å². The van der Waals surface area contributed by atoms with Crippen LogP contribution in [0, 0.1) is 5.82 Å². The van der Waals surface area contributed by atoms with Crippen LogP contribution in [-0.4, -0.2) is 14.2 Å². The van der Waals surface area contributed by atoms with Crippen molar-refractivity contribution in [2.75, 3.05) is 5.75 Å². The maximum absolute atomic E-state index is 13.4. The maximum atomic E-state index is 13.4. The molecule has 0 aromatic heterocycles. The molecule has 0 spiro atoms. The highest BCUT2D eigenvalue weighted by atomic mass is 32.2. The van der Waals surface area contributed by atoms with Crippen molar-refractivity contribution >= 4 is 10.0 Å². The van der Waals surface area contributed by atoms with E-state index >= 15 is 0 Å². The zero-order valence-corrected chi connectivity index (χ0v) is 9.51. The minimum absolute atomic E-state index is 0.277. The number of sulfonamides is 1. The van der Waals surface area contributed by atoms with Crippen molar-refractivity contribution in [2.24, 2.45) is 5.14 Å². The number of hydrogen-bond donors (Lipinski definition) is 1. The van der Waals surface area contributed by atoms with Crippen molar-refractivity contribution in [3.63, 3.8) is 0 Å². The van der Waals surface area contributed by atoms with Gasteiger partial charge in [0.1, 0.15) is 5.82 Å². The van der Waals surface area contributed by atoms with E-state index in [4.69, 9.17) is 5.14 Å². The van der Waals surface area contributed by atoms with E-state index in [-0.39, 0.29) is 5.75 Å². The highest BCUT2D eigenvalue weighted by Gasteiger charge is 2.28. The quantitative estimate of drug-likeness (QED) is 0.854. The molecule has 0 saturated carbocycles. The molecule has 15 heavy (non-hydrogen) atoms. The summed E-state index contributed by atoms with van der Waals surface area (Å²) < 4.78 is 35.4. The van der Waals surface area contributed by atoms with E-state index in [2.05, 4.69) is 0 Å². The largest absolute Gasteiger partial charge is 0.229 e. The zero-order chi connectivity index (χ0) is 11.7. The minimum Gasteiger partial charge on any atom is -0.229 e. The van der Waals surface area contributed by atoms with Crippen molar-refractivity contribution in [2.45, 2.75) is 19.3 Å². The minimum atomic E-state index is -3.61. The molecule has 0 unspecified atom stereocenters. The number of benzene rings is 1. The molecule has 0 atom stereocenters. The van der Waals surface area contributed by atoms with Crippen LogP contribution in [0.4, 0.5) is 4.39 Å². The summed E-state index contributed by atoms with van der Waals surface area (Å²) in [5.41, 5.74) is -0.460. The average Bonchev–Trinajstić information content (AvgIpc) is 1.99. The van der Waals surface area contributed by atoms with Gasteiger partial charge in [0.05, 0.1) is 5.75 Å². The summed E-state index contributed by atoms with van der Waals surface area (Å²) in [5, 5.41) is 4.96. The Bertz CT molecular complexity index is 454. The van der Waals surface area contributed by atoms with Gasteiger partial charge in [0.25, 0.3) is 0 Å². The topological polar surface area (TPSA) is 60.2 Å². The Morgan fingerprint density at radius 1 is 1.33 bits per heavy atom. The lowest BCUT2D eigenvalue weighted by Crippen LogP contribution is -2.33. The van der Waals surface area contributed by atoms with Crippen LogP contribution < -0.4 is 5.14 Å². The fraction of sp³-hybridized carbons (Fsp3) is 0.400. The first-order chi connectivity index (χ1) is 6.72. The van der Waals surface area contributed by atoms with Crippen LogP contribution in [0.5, 0.6) is 0 Å². The van der Waals surface area contributed by atoms with Gasteiger partial charge >= 0.3 is 0 Å². The first kappa shape index (κ1) is 12.1. The third-order valence-electron chi connectivity index (χ3n) is 2.17. The van der Waals surface area contributed by atoms with Crippen LogP contribution in [0.25, 0.3) is 0 Å². The van der Waals surface area contributed by atoms with Gasteiger partial charge < -0.3 is 0 Å². The fourth-order valence-corrected chi connectivity index (χ4v) is 2.75. The number of hydrogen-bond acceptors (Lipinski definition) is 2. The molecule has 0 aliphatic heterocycles. The van der Waals surface area contributed by atoms with Gasteiger partial charge in [-0.3, -0.25) is 0 Å². The van der Waals surface area contributed by atoms with Gasteiger partial charge in [-0.1, -0.05) is 32.0 Å². The first-order valence-corrected chi connectivity index (χ1v) is 6.19. The Labute approximate surface area is 89.2 Å². The van der Waals surface area contributed by atoms with Crippen molar-refractivity contribution in [1.82, 2.24) is 0 Å². The van der Waals surface area contributed by atoms with Gasteiger partial charge in [-0.25, -0.2) is 17.9 Å². The van der Waals surface area contributed by atoms with Crippen LogP contribution in [0.15, 0.2) is 24.3 Å². The van der Waals surface area contributed by atoms with E-state index in [0.29, 0.717) is 5.56 Å². The van der Waals surface area contributed by atoms with Crippen molar-refractivity contribution in [3.8, 4) is 0 Å². The lowest BCUT2D eigenvalue weighted by molar-refractivity contribution is 0.512. The summed E-state index contributed by atoms with van der Waals surface area (Å²) in [6, 6.07) is 6.11. The Balaban J connectivity index is 3.12. The second-order valence-corrected chi connectivity index (χ2v) is 5.79. The molecule has 0 saturated heterocycles. The lowest BCUT2D eigenvalue weighted by atomic mass is 9.86. The summed E-state index contributed by atoms with van der Waals surface area (Å²) in [6.45, 7) is 3.30. The highest BCUT2D eigenvalue weighted by Crippen LogP contribution is 2.26. The molecule has 0 aliphatic carbocycles. The van der Waals surface area contributed by atoms with Gasteiger partial charge in [-0.05, 0) is 11.6 Å². The Morgan fingerprint density at radius 3 is 2.33 bits per heavy atom. The van der Waals surface area contributed by atoms with E-state index in [1.807, 2.05) is 0 Å². The molecule has 0 heterocycles. The van der Waals surface area contributed by atoms with Gasteiger partial charge in [0, 0.05) is 5.41 Å². The summed E-state index contributed by atoms with van der Waals surface area (Å²) in [7, 11) is -3.61. The Hall–Kier alpha value is -0.940. The smallest absolute Gasteiger partial charge is 0.209 e. The normalized spacial score (nSPS) is 12.8. The van der Waals surface area contributed by atoms with Gasteiger partial charge in [0.15, 0.2) is 0 Å². The molecular weight excluding hydrogens is 217 g/mol. The Morgan fingerprint density at radius 2 is 1.87 bits per heavy atom. The molecule has 1 rings (SSSR count). The number of rotatable bonds is 3. The Kier molecular flexibility index (Phi) is 3.16. The molecule has 0 amide bonds. The zero-order valence-electron chi connectivity index (χ0n) is 8.70. The van der Waals surface area contributed by atoms with Gasteiger partial charge in [-0.15, -0.1) is 0 Å². The standard InChI is InChI=1S/C10H14FNO2S/c1-10(2,7-15(12,13)14)8-5-3-4-6-9(8)11/h3-6H,7H2,1-2H3,(H2,12,13,14). The van der Waals surface area contributed by atoms with Crippen molar-refractivity contribution in [3.05, 3.63) is 35.6 Å². The third-order valence-corrected chi connectivity index (χ3v) is 3.29. The predicted octanol–water partition coefficient (Wildman–Crippen LogP) is 1.39. The van der Waals surface area contributed by atoms with Crippen LogP contribution in [0.3, 0.4) is 0 Å². The van der Waals surface area contributed by atoms with Crippen LogP contribution in [-0.2, 0) is 15.4 Å². The van der Waals surface area contributed by atoms with E-state index < -0.39 is 21.3 Å². The molecular formula is C10H14FNO2S. The molecule has 0 fully saturated rings. The predicted molar refractivity (Wildman–Crippen MR) is 57.4 cm³/mol. The number of halogens is 1. The first-order valence-electron chi connectivity index (χ1n) is 4.48. The molecule has 84 valence electrons. The molecule has 1 aromatic carbocycles. The molecule has 0 radical (unpaired) electrons. The SMILES string of the molecule is CC(C)(CS(N)(=O)=O)c1ccccc1F. The van der Waals surface area contributed by atoms with E-state index in [1.165, 1.54) is 6.07 Å². The lowest BCUT2D eigenvalue weighted by Gasteiger charge is -2.24. The van der Waals surface area contributed by atoms with Crippen molar-refractivity contribution < 1.29 is 12.8 Å². The second-order valence-electron chi connectivity index (χ2n) is 4.17. The van der Waals surface area contributed by atoms with Gasteiger partial charge in [0.2, 0.25) is 10.0 Å². The maximum Gasteiger partial charge on any atom is 0.209 e. The summed E-state index contributed by atoms with van der Waals surface area (Å²) >= 11 is 0. The molecule has 2 N–H and O–H groups in total. The average molecular weight is 231 g/mol. The number of nitrogens with two attached hydrogens (primary N) is 1. The molecule has 1 aromatic rings. The van der Waals surface area contributed by atoms with Crippen LogP contribution in [0.1, 0.15) is 19.4 Å². The third kappa shape index (κ3) is 3.28. The van der Waals surface area contributed by atoms with Crippen LogP contribution in [0.2, 0.25) is 0 Å². The molecule has 3 nitrogen and oxygen atoms in total. The van der Waals surface area contributed by atoms with E-state index in [9.17, 15) is 12.8 Å². The molecule has 0 aliphatic rings. The summed E-state index contributed by atoms with van der Waals surface area (Å²) in [5.74, 6) is -0.688. The van der Waals surface area contributed by atoms with Gasteiger partial charge in [-0.2, -0.15) is 0 Å². The monoisotopic (exact) mass is 231 g/mol. The van der Waals surface area contributed by atoms with Crippen LogP contribution >= 0.6 is 0 Å². The van der Waals surface area contributed by atoms with E-state index in [0.717, 1.165) is 0 Å². The van der Waals surface area contributed by atoms with Crippen molar-refractivity contribution in [1.29, 1.82) is 0 Å². The summed E-state index contributed by atoms with van der Waals surface area (Å²) in [6.07, 6.45) is 0.